The topological polar surface area (TPSA) is 67.0 Å². The van der Waals surface area contributed by atoms with E-state index in [-0.39, 0.29) is 17.9 Å². The molecule has 1 aromatic carbocycles. The maximum Gasteiger partial charge on any atom is 0.225 e. The number of aromatic nitrogens is 2. The Bertz CT molecular complexity index is 590. The minimum absolute atomic E-state index is 0.0185. The number of carbonyl (C=O) groups excluding carboxylic acids is 1. The minimum atomic E-state index is -0.0191. The highest BCUT2D eigenvalue weighted by Crippen LogP contribution is 2.20. The lowest BCUT2D eigenvalue weighted by Gasteiger charge is -2.27. The smallest absolute Gasteiger partial charge is 0.225 e. The fourth-order valence-electron chi connectivity index (χ4n) is 2.83. The Morgan fingerprint density at radius 2 is 2.33 bits per heavy atom. The molecule has 1 aliphatic rings. The monoisotopic (exact) mass is 287 g/mol. The molecular formula is C16H21N3O2. The fourth-order valence-corrected chi connectivity index (χ4v) is 2.83. The molecule has 5 heteroatoms. The number of ether oxygens (including phenoxy) is 1. The van der Waals surface area contributed by atoms with E-state index < -0.39 is 0 Å². The predicted octanol–water partition coefficient (Wildman–Crippen LogP) is 2.04. The van der Waals surface area contributed by atoms with Gasteiger partial charge in [-0.25, -0.2) is 4.98 Å². The van der Waals surface area contributed by atoms with Crippen LogP contribution in [-0.2, 0) is 16.0 Å². The van der Waals surface area contributed by atoms with Crippen LogP contribution in [0, 0.1) is 5.92 Å². The first kappa shape index (κ1) is 14.1. The molecule has 3 rings (SSSR count). The Morgan fingerprint density at radius 3 is 3.14 bits per heavy atom. The molecule has 2 heterocycles. The molecule has 1 aromatic heterocycles. The molecule has 21 heavy (non-hydrogen) atoms. The molecule has 0 radical (unpaired) electrons. The number of nitrogens with one attached hydrogen (secondary N) is 2. The van der Waals surface area contributed by atoms with E-state index in [1.54, 1.807) is 0 Å². The van der Waals surface area contributed by atoms with Crippen LogP contribution in [-0.4, -0.2) is 35.1 Å². The summed E-state index contributed by atoms with van der Waals surface area (Å²) in [7, 11) is 0. The third kappa shape index (κ3) is 3.24. The zero-order chi connectivity index (χ0) is 14.7. The average Bonchev–Trinajstić information content (AvgIpc) is 2.90. The van der Waals surface area contributed by atoms with E-state index in [2.05, 4.69) is 15.3 Å². The van der Waals surface area contributed by atoms with Crippen LogP contribution in [0.15, 0.2) is 24.3 Å². The van der Waals surface area contributed by atoms with Gasteiger partial charge in [-0.2, -0.15) is 0 Å². The first-order chi connectivity index (χ1) is 10.2. The SMILES string of the molecule is C[C@@H]1OCCC[C@H]1C(=O)NCCc1nc2ccccc2[nH]1. The molecule has 0 unspecified atom stereocenters. The largest absolute Gasteiger partial charge is 0.378 e. The number of fused-ring (bicyclic) bond motifs is 1. The number of benzene rings is 1. The molecule has 2 atom stereocenters. The van der Waals surface area contributed by atoms with Gasteiger partial charge in [0.05, 0.1) is 23.1 Å². The van der Waals surface area contributed by atoms with Crippen LogP contribution in [0.1, 0.15) is 25.6 Å². The second kappa shape index (κ2) is 6.26. The molecule has 5 nitrogen and oxygen atoms in total. The number of rotatable bonds is 4. The second-order valence-corrected chi connectivity index (χ2v) is 5.57. The number of hydrogen-bond acceptors (Lipinski definition) is 3. The molecular weight excluding hydrogens is 266 g/mol. The van der Waals surface area contributed by atoms with E-state index in [4.69, 9.17) is 4.74 Å². The standard InChI is InChI=1S/C16H21N3O2/c1-11-12(5-4-10-21-11)16(20)17-9-8-15-18-13-6-2-3-7-14(13)19-15/h2-3,6-7,11-12H,4-5,8-10H2,1H3,(H,17,20)(H,18,19)/t11-,12+/m0/s1. The molecule has 1 amide bonds. The van der Waals surface area contributed by atoms with Gasteiger partial charge in [-0.1, -0.05) is 12.1 Å². The number of imidazole rings is 1. The number of nitrogens with zero attached hydrogens (tertiary/aromatic N) is 1. The van der Waals surface area contributed by atoms with Crippen LogP contribution in [0.2, 0.25) is 0 Å². The summed E-state index contributed by atoms with van der Waals surface area (Å²) in [6.45, 7) is 3.34. The molecule has 0 bridgehead atoms. The van der Waals surface area contributed by atoms with Gasteiger partial charge in [0.25, 0.3) is 0 Å². The number of carbonyl (C=O) groups is 1. The Hall–Kier alpha value is -1.88. The summed E-state index contributed by atoms with van der Waals surface area (Å²) in [5.41, 5.74) is 2.00. The number of H-pyrrole nitrogens is 1. The van der Waals surface area contributed by atoms with Crippen molar-refractivity contribution >= 4 is 16.9 Å². The van der Waals surface area contributed by atoms with Crippen LogP contribution in [0.4, 0.5) is 0 Å². The Kier molecular flexibility index (Phi) is 4.20. The molecule has 0 aliphatic carbocycles. The first-order valence-corrected chi connectivity index (χ1v) is 7.57. The van der Waals surface area contributed by atoms with Gasteiger partial charge in [-0.15, -0.1) is 0 Å². The quantitative estimate of drug-likeness (QED) is 0.904. The fraction of sp³-hybridized carbons (Fsp3) is 0.500. The van der Waals surface area contributed by atoms with Gasteiger partial charge >= 0.3 is 0 Å². The van der Waals surface area contributed by atoms with Crippen LogP contribution in [0.3, 0.4) is 0 Å². The summed E-state index contributed by atoms with van der Waals surface area (Å²) in [5.74, 6) is 0.983. The highest BCUT2D eigenvalue weighted by atomic mass is 16.5. The maximum absolute atomic E-state index is 12.1. The third-order valence-electron chi connectivity index (χ3n) is 4.04. The first-order valence-electron chi connectivity index (χ1n) is 7.57. The highest BCUT2D eigenvalue weighted by Gasteiger charge is 2.28. The van der Waals surface area contributed by atoms with Crippen molar-refractivity contribution in [3.63, 3.8) is 0 Å². The van der Waals surface area contributed by atoms with Gasteiger partial charge < -0.3 is 15.0 Å². The number of hydrogen-bond donors (Lipinski definition) is 2. The van der Waals surface area contributed by atoms with Crippen LogP contribution in [0.5, 0.6) is 0 Å². The number of aromatic amines is 1. The van der Waals surface area contributed by atoms with E-state index in [1.165, 1.54) is 0 Å². The summed E-state index contributed by atoms with van der Waals surface area (Å²) in [5, 5.41) is 3.00. The summed E-state index contributed by atoms with van der Waals surface area (Å²) >= 11 is 0. The minimum Gasteiger partial charge on any atom is -0.378 e. The van der Waals surface area contributed by atoms with Crippen molar-refractivity contribution in [3.05, 3.63) is 30.1 Å². The van der Waals surface area contributed by atoms with Gasteiger partial charge in [-0.3, -0.25) is 4.79 Å². The summed E-state index contributed by atoms with van der Waals surface area (Å²) < 4.78 is 5.54. The van der Waals surface area contributed by atoms with Gasteiger partial charge in [0.15, 0.2) is 0 Å². The average molecular weight is 287 g/mol. The van der Waals surface area contributed by atoms with Crippen LogP contribution < -0.4 is 5.32 Å². The molecule has 1 aliphatic heterocycles. The Morgan fingerprint density at radius 1 is 1.48 bits per heavy atom. The third-order valence-corrected chi connectivity index (χ3v) is 4.04. The van der Waals surface area contributed by atoms with Crippen molar-refractivity contribution in [3.8, 4) is 0 Å². The van der Waals surface area contributed by atoms with E-state index in [0.717, 1.165) is 36.3 Å². The molecule has 1 saturated heterocycles. The summed E-state index contributed by atoms with van der Waals surface area (Å²) in [6.07, 6.45) is 2.61. The number of para-hydroxylation sites is 2. The predicted molar refractivity (Wildman–Crippen MR) is 80.9 cm³/mol. The number of amides is 1. The lowest BCUT2D eigenvalue weighted by Crippen LogP contribution is -2.40. The molecule has 2 aromatic rings. The van der Waals surface area contributed by atoms with Gasteiger partial charge in [0, 0.05) is 19.6 Å². The lowest BCUT2D eigenvalue weighted by molar-refractivity contribution is -0.133. The van der Waals surface area contributed by atoms with Gasteiger partial charge in [0.2, 0.25) is 5.91 Å². The van der Waals surface area contributed by atoms with E-state index in [0.29, 0.717) is 13.0 Å². The van der Waals surface area contributed by atoms with Gasteiger partial charge in [-0.05, 0) is 31.9 Å². The van der Waals surface area contributed by atoms with Crippen molar-refractivity contribution in [1.82, 2.24) is 15.3 Å². The zero-order valence-corrected chi connectivity index (χ0v) is 12.3. The Balaban J connectivity index is 1.52. The van der Waals surface area contributed by atoms with E-state index in [9.17, 15) is 4.79 Å². The zero-order valence-electron chi connectivity index (χ0n) is 12.3. The van der Waals surface area contributed by atoms with E-state index in [1.807, 2.05) is 31.2 Å². The molecule has 2 N–H and O–H groups in total. The van der Waals surface area contributed by atoms with Crippen molar-refractivity contribution in [1.29, 1.82) is 0 Å². The maximum atomic E-state index is 12.1. The van der Waals surface area contributed by atoms with E-state index >= 15 is 0 Å². The molecule has 1 fully saturated rings. The van der Waals surface area contributed by atoms with Crippen molar-refractivity contribution in [2.45, 2.75) is 32.3 Å². The summed E-state index contributed by atoms with van der Waals surface area (Å²) in [6, 6.07) is 7.94. The van der Waals surface area contributed by atoms with Gasteiger partial charge in [0.1, 0.15) is 5.82 Å². The second-order valence-electron chi connectivity index (χ2n) is 5.57. The summed E-state index contributed by atoms with van der Waals surface area (Å²) in [4.78, 5) is 19.9. The van der Waals surface area contributed by atoms with Crippen molar-refractivity contribution in [2.24, 2.45) is 5.92 Å². The normalized spacial score (nSPS) is 22.3. The van der Waals surface area contributed by atoms with Crippen molar-refractivity contribution < 1.29 is 9.53 Å². The van der Waals surface area contributed by atoms with Crippen LogP contribution >= 0.6 is 0 Å². The molecule has 112 valence electrons. The molecule has 0 saturated carbocycles. The van der Waals surface area contributed by atoms with Crippen LogP contribution in [0.25, 0.3) is 11.0 Å². The van der Waals surface area contributed by atoms with Crippen molar-refractivity contribution in [2.75, 3.05) is 13.2 Å². The Labute approximate surface area is 124 Å². The lowest BCUT2D eigenvalue weighted by atomic mass is 9.94. The molecule has 0 spiro atoms. The highest BCUT2D eigenvalue weighted by molar-refractivity contribution is 5.79.